The van der Waals surface area contributed by atoms with E-state index < -0.39 is 36.0 Å². The second-order valence-corrected chi connectivity index (χ2v) is 8.32. The summed E-state index contributed by atoms with van der Waals surface area (Å²) in [5, 5.41) is 2.71. The highest BCUT2D eigenvalue weighted by Gasteiger charge is 2.60. The third-order valence-electron chi connectivity index (χ3n) is 5.44. The van der Waals surface area contributed by atoms with E-state index in [-0.39, 0.29) is 19.1 Å². The highest BCUT2D eigenvalue weighted by atomic mass is 79.9. The lowest BCUT2D eigenvalue weighted by Crippen LogP contribution is -2.71. The van der Waals surface area contributed by atoms with Crippen LogP contribution in [0.4, 0.5) is 0 Å². The topological polar surface area (TPSA) is 96.0 Å². The number of nitrogens with one attached hydrogen (secondary N) is 1. The van der Waals surface area contributed by atoms with Gasteiger partial charge in [-0.3, -0.25) is 14.4 Å². The largest absolute Gasteiger partial charge is 0.458 e. The van der Waals surface area contributed by atoms with E-state index in [9.17, 15) is 19.2 Å². The number of halogens is 1. The summed E-state index contributed by atoms with van der Waals surface area (Å²) in [5.74, 6) is -1.83. The van der Waals surface area contributed by atoms with Crippen LogP contribution in [-0.2, 0) is 25.7 Å². The highest BCUT2D eigenvalue weighted by Crippen LogP contribution is 2.33. The van der Waals surface area contributed by atoms with Crippen LogP contribution in [0.2, 0.25) is 0 Å². The zero-order valence-corrected chi connectivity index (χ0v) is 18.2. The molecule has 2 fully saturated rings. The molecule has 2 aliphatic heterocycles. The first-order chi connectivity index (χ1) is 14.9. The minimum atomic E-state index is -1.13. The number of carbonyl (C=O) groups excluding carboxylic acids is 4. The van der Waals surface area contributed by atoms with Gasteiger partial charge in [0.2, 0.25) is 18.0 Å². The van der Waals surface area contributed by atoms with E-state index in [0.717, 1.165) is 10.0 Å². The van der Waals surface area contributed by atoms with Crippen molar-refractivity contribution in [2.75, 3.05) is 6.54 Å². The molecular weight excluding hydrogens is 466 g/mol. The lowest BCUT2D eigenvalue weighted by molar-refractivity contribution is -0.169. The van der Waals surface area contributed by atoms with Gasteiger partial charge in [-0.05, 0) is 29.8 Å². The molecular formula is C22H20BrN3O5. The standard InChI is InChI=1S/C22H20BrN3O5/c1-13(27)25-11-17-18(24-19(28)15-7-9-16(23)10-8-15)21(29)26(17)20(25)22(30)31-12-14-5-3-2-4-6-14/h2-10,17-18,20H,11-12H2,1H3,(H,24,28). The van der Waals surface area contributed by atoms with Crippen molar-refractivity contribution in [1.82, 2.24) is 15.1 Å². The van der Waals surface area contributed by atoms with E-state index in [1.54, 1.807) is 24.3 Å². The van der Waals surface area contributed by atoms with Gasteiger partial charge in [0.25, 0.3) is 5.91 Å². The van der Waals surface area contributed by atoms with Gasteiger partial charge in [0.1, 0.15) is 12.6 Å². The number of amides is 3. The SMILES string of the molecule is CC(=O)N1CC2C(NC(=O)c3ccc(Br)cc3)C(=O)N2C1C(=O)OCc1ccccc1. The molecule has 31 heavy (non-hydrogen) atoms. The summed E-state index contributed by atoms with van der Waals surface area (Å²) >= 11 is 3.31. The van der Waals surface area contributed by atoms with Crippen molar-refractivity contribution in [1.29, 1.82) is 0 Å². The molecule has 3 amide bonds. The predicted molar refractivity (Wildman–Crippen MR) is 113 cm³/mol. The van der Waals surface area contributed by atoms with Gasteiger partial charge in [0, 0.05) is 23.5 Å². The summed E-state index contributed by atoms with van der Waals surface area (Å²) in [6.45, 7) is 1.53. The molecule has 0 bridgehead atoms. The van der Waals surface area contributed by atoms with Crippen molar-refractivity contribution >= 4 is 39.6 Å². The molecule has 9 heteroatoms. The second-order valence-electron chi connectivity index (χ2n) is 7.41. The van der Waals surface area contributed by atoms with Crippen molar-refractivity contribution in [3.8, 4) is 0 Å². The summed E-state index contributed by atoms with van der Waals surface area (Å²) in [5.41, 5.74) is 1.21. The first kappa shape index (κ1) is 21.0. The highest BCUT2D eigenvalue weighted by molar-refractivity contribution is 9.10. The van der Waals surface area contributed by atoms with Gasteiger partial charge >= 0.3 is 5.97 Å². The minimum absolute atomic E-state index is 0.0400. The molecule has 2 saturated heterocycles. The molecule has 0 saturated carbocycles. The van der Waals surface area contributed by atoms with Crippen molar-refractivity contribution in [3.63, 3.8) is 0 Å². The van der Waals surface area contributed by atoms with E-state index in [1.165, 1.54) is 16.7 Å². The molecule has 0 radical (unpaired) electrons. The van der Waals surface area contributed by atoms with E-state index >= 15 is 0 Å². The third-order valence-corrected chi connectivity index (χ3v) is 5.97. The van der Waals surface area contributed by atoms with Crippen LogP contribution in [0.5, 0.6) is 0 Å². The number of fused-ring (bicyclic) bond motifs is 1. The van der Waals surface area contributed by atoms with Crippen LogP contribution in [0, 0.1) is 0 Å². The number of nitrogens with zero attached hydrogens (tertiary/aromatic N) is 2. The van der Waals surface area contributed by atoms with Crippen LogP contribution < -0.4 is 5.32 Å². The van der Waals surface area contributed by atoms with Gasteiger partial charge in [-0.2, -0.15) is 0 Å². The molecule has 3 atom stereocenters. The Morgan fingerprint density at radius 2 is 1.77 bits per heavy atom. The minimum Gasteiger partial charge on any atom is -0.458 e. The average Bonchev–Trinajstić information content (AvgIpc) is 3.13. The van der Waals surface area contributed by atoms with E-state index in [2.05, 4.69) is 21.2 Å². The van der Waals surface area contributed by atoms with Crippen molar-refractivity contribution in [3.05, 3.63) is 70.2 Å². The Labute approximate surface area is 187 Å². The number of esters is 1. The maximum atomic E-state index is 12.8. The van der Waals surface area contributed by atoms with Crippen LogP contribution in [0.3, 0.4) is 0 Å². The van der Waals surface area contributed by atoms with Gasteiger partial charge in [0.15, 0.2) is 0 Å². The first-order valence-electron chi connectivity index (χ1n) is 9.73. The zero-order chi connectivity index (χ0) is 22.1. The molecule has 0 aromatic heterocycles. The van der Waals surface area contributed by atoms with Crippen LogP contribution >= 0.6 is 15.9 Å². The summed E-state index contributed by atoms with van der Waals surface area (Å²) in [6.07, 6.45) is -1.13. The van der Waals surface area contributed by atoms with Crippen LogP contribution in [0.1, 0.15) is 22.8 Å². The van der Waals surface area contributed by atoms with Gasteiger partial charge < -0.3 is 19.9 Å². The van der Waals surface area contributed by atoms with Crippen molar-refractivity contribution in [2.45, 2.75) is 31.8 Å². The molecule has 2 aliphatic rings. The Balaban J connectivity index is 1.45. The monoisotopic (exact) mass is 485 g/mol. The summed E-state index contributed by atoms with van der Waals surface area (Å²) in [4.78, 5) is 52.8. The van der Waals surface area contributed by atoms with E-state index in [1.807, 2.05) is 30.3 Å². The fourth-order valence-electron chi connectivity index (χ4n) is 3.84. The lowest BCUT2D eigenvalue weighted by atomic mass is 9.96. The number of hydrogen-bond acceptors (Lipinski definition) is 5. The Kier molecular flexibility index (Phi) is 5.77. The fourth-order valence-corrected chi connectivity index (χ4v) is 4.11. The number of benzene rings is 2. The number of ether oxygens (including phenoxy) is 1. The summed E-state index contributed by atoms with van der Waals surface area (Å²) in [6, 6.07) is 14.6. The second kappa shape index (κ2) is 8.50. The Morgan fingerprint density at radius 1 is 1.10 bits per heavy atom. The van der Waals surface area contributed by atoms with Crippen molar-refractivity contribution < 1.29 is 23.9 Å². The Bertz CT molecular complexity index is 1030. The normalized spacial score (nSPS) is 21.9. The quantitative estimate of drug-likeness (QED) is 0.513. The molecule has 0 aliphatic carbocycles. The fraction of sp³-hybridized carbons (Fsp3) is 0.273. The van der Waals surface area contributed by atoms with Gasteiger partial charge in [0.05, 0.1) is 6.04 Å². The van der Waals surface area contributed by atoms with E-state index in [0.29, 0.717) is 5.56 Å². The molecule has 1 N–H and O–H groups in total. The summed E-state index contributed by atoms with van der Waals surface area (Å²) in [7, 11) is 0. The third kappa shape index (κ3) is 4.05. The van der Waals surface area contributed by atoms with Crippen LogP contribution in [0.25, 0.3) is 0 Å². The van der Waals surface area contributed by atoms with Gasteiger partial charge in [-0.1, -0.05) is 46.3 Å². The first-order valence-corrected chi connectivity index (χ1v) is 10.5. The molecule has 2 heterocycles. The number of carbonyl (C=O) groups is 4. The maximum absolute atomic E-state index is 12.8. The number of β-lactam (4-membered cyclic amide) rings is 1. The van der Waals surface area contributed by atoms with Crippen molar-refractivity contribution in [2.24, 2.45) is 0 Å². The molecule has 8 nitrogen and oxygen atoms in total. The Hall–Kier alpha value is -3.20. The van der Waals surface area contributed by atoms with E-state index in [4.69, 9.17) is 4.74 Å². The smallest absolute Gasteiger partial charge is 0.350 e. The van der Waals surface area contributed by atoms with Crippen LogP contribution in [0.15, 0.2) is 59.1 Å². The lowest BCUT2D eigenvalue weighted by Gasteiger charge is -2.43. The number of rotatable bonds is 5. The van der Waals surface area contributed by atoms with Gasteiger partial charge in [-0.15, -0.1) is 0 Å². The van der Waals surface area contributed by atoms with Crippen LogP contribution in [-0.4, -0.2) is 58.3 Å². The molecule has 3 unspecified atom stereocenters. The zero-order valence-electron chi connectivity index (χ0n) is 16.7. The molecule has 2 aromatic rings. The van der Waals surface area contributed by atoms with Gasteiger partial charge in [-0.25, -0.2) is 4.79 Å². The average molecular weight is 486 g/mol. The molecule has 2 aromatic carbocycles. The maximum Gasteiger partial charge on any atom is 0.350 e. The molecule has 0 spiro atoms. The number of hydrogen-bond donors (Lipinski definition) is 1. The molecule has 4 rings (SSSR count). The summed E-state index contributed by atoms with van der Waals surface area (Å²) < 4.78 is 6.20. The Morgan fingerprint density at radius 3 is 2.42 bits per heavy atom. The molecule has 160 valence electrons. The predicted octanol–water partition coefficient (Wildman–Crippen LogP) is 1.69.